The summed E-state index contributed by atoms with van der Waals surface area (Å²) in [5.41, 5.74) is 1.42. The number of hydrogen-bond acceptors (Lipinski definition) is 2. The molecule has 0 saturated heterocycles. The molecule has 0 fully saturated rings. The van der Waals surface area contributed by atoms with E-state index < -0.39 is 0 Å². The number of rotatable bonds is 5. The van der Waals surface area contributed by atoms with Crippen LogP contribution in [0.3, 0.4) is 0 Å². The topological polar surface area (TPSA) is 24.1 Å². The van der Waals surface area contributed by atoms with E-state index in [1.54, 1.807) is 0 Å². The van der Waals surface area contributed by atoms with Crippen LogP contribution < -0.4 is 10.6 Å². The third kappa shape index (κ3) is 4.78. The molecule has 0 bridgehead atoms. The van der Waals surface area contributed by atoms with Gasteiger partial charge in [-0.3, -0.25) is 0 Å². The summed E-state index contributed by atoms with van der Waals surface area (Å²) in [5.74, 6) is 0. The minimum atomic E-state index is 0.122. The molecule has 15 heavy (non-hydrogen) atoms. The minimum Gasteiger partial charge on any atom is -0.318 e. The van der Waals surface area contributed by atoms with Gasteiger partial charge in [0.05, 0.1) is 0 Å². The largest absolute Gasteiger partial charge is 0.318 e. The van der Waals surface area contributed by atoms with Gasteiger partial charge in [0.2, 0.25) is 0 Å². The molecule has 0 aromatic heterocycles. The standard InChI is InChI=1S/C12H19BrN2/c1-12(2,9-14-3)15-8-10-5-4-6-11(13)7-10/h4-7,14-15H,8-9H2,1-3H3. The van der Waals surface area contributed by atoms with Crippen LogP contribution >= 0.6 is 15.9 Å². The third-order valence-corrected chi connectivity index (χ3v) is 2.77. The van der Waals surface area contributed by atoms with Crippen LogP contribution in [0.25, 0.3) is 0 Å². The summed E-state index contributed by atoms with van der Waals surface area (Å²) in [4.78, 5) is 0. The zero-order valence-electron chi connectivity index (χ0n) is 9.60. The minimum absolute atomic E-state index is 0.122. The van der Waals surface area contributed by atoms with Crippen molar-refractivity contribution in [2.75, 3.05) is 13.6 Å². The first-order chi connectivity index (χ1) is 7.03. The fourth-order valence-electron chi connectivity index (χ4n) is 1.49. The second kappa shape index (κ2) is 5.64. The van der Waals surface area contributed by atoms with Crippen LogP contribution in [-0.4, -0.2) is 19.1 Å². The van der Waals surface area contributed by atoms with E-state index in [1.807, 2.05) is 13.1 Å². The quantitative estimate of drug-likeness (QED) is 0.860. The summed E-state index contributed by atoms with van der Waals surface area (Å²) in [7, 11) is 1.97. The molecule has 0 aliphatic carbocycles. The lowest BCUT2D eigenvalue weighted by Gasteiger charge is -2.26. The highest BCUT2D eigenvalue weighted by atomic mass is 79.9. The third-order valence-electron chi connectivity index (χ3n) is 2.28. The van der Waals surface area contributed by atoms with Gasteiger partial charge < -0.3 is 10.6 Å². The van der Waals surface area contributed by atoms with E-state index in [4.69, 9.17) is 0 Å². The van der Waals surface area contributed by atoms with Crippen molar-refractivity contribution in [3.8, 4) is 0 Å². The Labute approximate surface area is 101 Å². The van der Waals surface area contributed by atoms with Gasteiger partial charge in [-0.2, -0.15) is 0 Å². The molecular formula is C12H19BrN2. The van der Waals surface area contributed by atoms with Gasteiger partial charge in [-0.05, 0) is 38.6 Å². The Morgan fingerprint density at radius 2 is 2.07 bits per heavy atom. The van der Waals surface area contributed by atoms with Crippen LogP contribution in [0.5, 0.6) is 0 Å². The van der Waals surface area contributed by atoms with Crippen LogP contribution in [0.15, 0.2) is 28.7 Å². The average molecular weight is 271 g/mol. The van der Waals surface area contributed by atoms with Crippen LogP contribution in [0, 0.1) is 0 Å². The molecule has 0 unspecified atom stereocenters. The Balaban J connectivity index is 2.49. The zero-order valence-corrected chi connectivity index (χ0v) is 11.2. The van der Waals surface area contributed by atoms with Gasteiger partial charge in [-0.1, -0.05) is 28.1 Å². The fraction of sp³-hybridized carbons (Fsp3) is 0.500. The molecule has 2 N–H and O–H groups in total. The zero-order chi connectivity index (χ0) is 11.3. The van der Waals surface area contributed by atoms with E-state index >= 15 is 0 Å². The molecule has 0 radical (unpaired) electrons. The molecule has 0 aliphatic heterocycles. The number of halogens is 1. The highest BCUT2D eigenvalue weighted by Crippen LogP contribution is 2.12. The van der Waals surface area contributed by atoms with Crippen molar-refractivity contribution >= 4 is 15.9 Å². The first-order valence-corrected chi connectivity index (χ1v) is 5.97. The van der Waals surface area contributed by atoms with E-state index in [0.29, 0.717) is 0 Å². The van der Waals surface area contributed by atoms with Gasteiger partial charge in [0.15, 0.2) is 0 Å². The molecule has 0 saturated carbocycles. The maximum absolute atomic E-state index is 3.52. The molecule has 0 amide bonds. The Morgan fingerprint density at radius 1 is 1.33 bits per heavy atom. The molecule has 0 spiro atoms. The van der Waals surface area contributed by atoms with E-state index in [1.165, 1.54) is 5.56 Å². The van der Waals surface area contributed by atoms with Gasteiger partial charge in [-0.25, -0.2) is 0 Å². The molecule has 0 atom stereocenters. The SMILES string of the molecule is CNCC(C)(C)NCc1cccc(Br)c1. The molecular weight excluding hydrogens is 252 g/mol. The highest BCUT2D eigenvalue weighted by Gasteiger charge is 2.14. The van der Waals surface area contributed by atoms with Crippen LogP contribution in [0.2, 0.25) is 0 Å². The van der Waals surface area contributed by atoms with E-state index in [-0.39, 0.29) is 5.54 Å². The Hall–Kier alpha value is -0.380. The predicted molar refractivity (Wildman–Crippen MR) is 69.0 cm³/mol. The van der Waals surface area contributed by atoms with Crippen molar-refractivity contribution in [3.05, 3.63) is 34.3 Å². The Kier molecular flexibility index (Phi) is 4.77. The van der Waals surface area contributed by atoms with Crippen molar-refractivity contribution in [1.29, 1.82) is 0 Å². The molecule has 84 valence electrons. The molecule has 1 aromatic carbocycles. The lowest BCUT2D eigenvalue weighted by atomic mass is 10.1. The summed E-state index contributed by atoms with van der Waals surface area (Å²) >= 11 is 3.47. The van der Waals surface area contributed by atoms with Crippen molar-refractivity contribution in [3.63, 3.8) is 0 Å². The first kappa shape index (κ1) is 12.7. The molecule has 1 aromatic rings. The number of nitrogens with one attached hydrogen (secondary N) is 2. The lowest BCUT2D eigenvalue weighted by molar-refractivity contribution is 0.374. The Bertz CT molecular complexity index is 310. The van der Waals surface area contributed by atoms with E-state index in [9.17, 15) is 0 Å². The molecule has 0 heterocycles. The fourth-order valence-corrected chi connectivity index (χ4v) is 1.94. The van der Waals surface area contributed by atoms with Crippen LogP contribution in [0.4, 0.5) is 0 Å². The second-order valence-electron chi connectivity index (χ2n) is 4.40. The van der Waals surface area contributed by atoms with Crippen molar-refractivity contribution < 1.29 is 0 Å². The monoisotopic (exact) mass is 270 g/mol. The van der Waals surface area contributed by atoms with Crippen LogP contribution in [0.1, 0.15) is 19.4 Å². The Morgan fingerprint density at radius 3 is 2.67 bits per heavy atom. The summed E-state index contributed by atoms with van der Waals surface area (Å²) in [6.45, 7) is 6.25. The smallest absolute Gasteiger partial charge is 0.0252 e. The maximum atomic E-state index is 3.52. The summed E-state index contributed by atoms with van der Waals surface area (Å²) in [5, 5.41) is 6.70. The summed E-state index contributed by atoms with van der Waals surface area (Å²) in [6.07, 6.45) is 0. The van der Waals surface area contributed by atoms with E-state index in [2.05, 4.69) is 58.6 Å². The van der Waals surface area contributed by atoms with Crippen molar-refractivity contribution in [1.82, 2.24) is 10.6 Å². The molecule has 0 aliphatic rings. The molecule has 2 nitrogen and oxygen atoms in total. The van der Waals surface area contributed by atoms with Gasteiger partial charge in [-0.15, -0.1) is 0 Å². The van der Waals surface area contributed by atoms with Crippen molar-refractivity contribution in [2.24, 2.45) is 0 Å². The number of benzene rings is 1. The molecule has 1 rings (SSSR count). The highest BCUT2D eigenvalue weighted by molar-refractivity contribution is 9.10. The van der Waals surface area contributed by atoms with Crippen LogP contribution in [-0.2, 0) is 6.54 Å². The van der Waals surface area contributed by atoms with Crippen molar-refractivity contribution in [2.45, 2.75) is 25.9 Å². The maximum Gasteiger partial charge on any atom is 0.0252 e. The number of hydrogen-bond donors (Lipinski definition) is 2. The van der Waals surface area contributed by atoms with Gasteiger partial charge in [0.25, 0.3) is 0 Å². The van der Waals surface area contributed by atoms with Gasteiger partial charge in [0, 0.05) is 23.1 Å². The predicted octanol–water partition coefficient (Wildman–Crippen LogP) is 2.54. The first-order valence-electron chi connectivity index (χ1n) is 5.17. The summed E-state index contributed by atoms with van der Waals surface area (Å²) < 4.78 is 1.13. The van der Waals surface area contributed by atoms with Gasteiger partial charge >= 0.3 is 0 Å². The average Bonchev–Trinajstić information content (AvgIpc) is 2.15. The van der Waals surface area contributed by atoms with Gasteiger partial charge in [0.1, 0.15) is 0 Å². The normalized spacial score (nSPS) is 11.7. The molecule has 3 heteroatoms. The number of likely N-dealkylation sites (N-methyl/N-ethyl adjacent to an activating group) is 1. The second-order valence-corrected chi connectivity index (χ2v) is 5.31. The van der Waals surface area contributed by atoms with E-state index in [0.717, 1.165) is 17.6 Å². The lowest BCUT2D eigenvalue weighted by Crippen LogP contribution is -2.46. The summed E-state index contributed by atoms with van der Waals surface area (Å²) in [6, 6.07) is 8.38.